The van der Waals surface area contributed by atoms with Crippen LogP contribution in [-0.2, 0) is 10.3 Å². The highest BCUT2D eigenvalue weighted by Crippen LogP contribution is 2.51. The lowest BCUT2D eigenvalue weighted by Gasteiger charge is -2.41. The molecule has 0 atom stereocenters. The maximum Gasteiger partial charge on any atom is 0.412 e. The molecule has 1 aromatic rings. The number of anilines is 1. The standard InChI is InChI=1S/C14H16ClNO3/c1-18-10-6-5-9(15)12-11(10)14(19-13(17)16-12)7-3-2-4-8-14/h5-6H,2-4,7-8H2,1H3,(H,16,17). The third kappa shape index (κ3) is 1.94. The molecule has 1 amide bonds. The predicted octanol–water partition coefficient (Wildman–Crippen LogP) is 4.07. The topological polar surface area (TPSA) is 47.6 Å². The second kappa shape index (κ2) is 4.60. The molecule has 0 saturated heterocycles. The largest absolute Gasteiger partial charge is 0.496 e. The number of methoxy groups -OCH3 is 1. The van der Waals surface area contributed by atoms with Crippen molar-refractivity contribution in [3.8, 4) is 5.75 Å². The summed E-state index contributed by atoms with van der Waals surface area (Å²) in [5.41, 5.74) is 0.951. The molecule has 19 heavy (non-hydrogen) atoms. The number of hydrogen-bond donors (Lipinski definition) is 1. The van der Waals surface area contributed by atoms with Gasteiger partial charge in [-0.1, -0.05) is 18.0 Å². The van der Waals surface area contributed by atoms with Gasteiger partial charge >= 0.3 is 6.09 Å². The van der Waals surface area contributed by atoms with E-state index in [1.54, 1.807) is 13.2 Å². The summed E-state index contributed by atoms with van der Waals surface area (Å²) < 4.78 is 11.1. The highest BCUT2D eigenvalue weighted by atomic mass is 35.5. The first-order valence-electron chi connectivity index (χ1n) is 6.53. The molecule has 1 fully saturated rings. The molecular formula is C14H16ClNO3. The Morgan fingerprint density at radius 2 is 2.05 bits per heavy atom. The van der Waals surface area contributed by atoms with Crippen LogP contribution in [0, 0.1) is 0 Å². The number of fused-ring (bicyclic) bond motifs is 2. The van der Waals surface area contributed by atoms with Gasteiger partial charge < -0.3 is 9.47 Å². The third-order valence-corrected chi connectivity index (χ3v) is 4.28. The second-order valence-corrected chi connectivity index (χ2v) is 5.48. The number of hydrogen-bond acceptors (Lipinski definition) is 3. The molecule has 0 unspecified atom stereocenters. The van der Waals surface area contributed by atoms with E-state index in [4.69, 9.17) is 21.1 Å². The number of carbonyl (C=O) groups is 1. The Hall–Kier alpha value is -1.42. The van der Waals surface area contributed by atoms with Gasteiger partial charge in [-0.05, 0) is 37.8 Å². The zero-order valence-electron chi connectivity index (χ0n) is 10.8. The van der Waals surface area contributed by atoms with E-state index in [-0.39, 0.29) is 0 Å². The van der Waals surface area contributed by atoms with Gasteiger partial charge in [0.25, 0.3) is 0 Å². The molecule has 1 aromatic carbocycles. The van der Waals surface area contributed by atoms with Crippen molar-refractivity contribution in [2.24, 2.45) is 0 Å². The van der Waals surface area contributed by atoms with Crippen molar-refractivity contribution in [3.63, 3.8) is 0 Å². The fraction of sp³-hybridized carbons (Fsp3) is 0.500. The van der Waals surface area contributed by atoms with Crippen LogP contribution in [0.4, 0.5) is 10.5 Å². The lowest BCUT2D eigenvalue weighted by atomic mass is 9.77. The SMILES string of the molecule is COc1ccc(Cl)c2c1C1(CCCCC1)OC(=O)N2. The Bertz CT molecular complexity index is 524. The number of rotatable bonds is 1. The highest BCUT2D eigenvalue weighted by molar-refractivity contribution is 6.34. The van der Waals surface area contributed by atoms with E-state index in [2.05, 4.69) is 5.32 Å². The first-order valence-corrected chi connectivity index (χ1v) is 6.91. The summed E-state index contributed by atoms with van der Waals surface area (Å²) >= 11 is 6.21. The van der Waals surface area contributed by atoms with Gasteiger partial charge in [0.1, 0.15) is 11.4 Å². The molecule has 102 valence electrons. The molecule has 5 heteroatoms. The Labute approximate surface area is 117 Å². The molecule has 1 heterocycles. The van der Waals surface area contributed by atoms with E-state index in [0.717, 1.165) is 37.0 Å². The Balaban J connectivity index is 2.20. The fourth-order valence-corrected chi connectivity index (χ4v) is 3.34. The van der Waals surface area contributed by atoms with Crippen molar-refractivity contribution >= 4 is 23.4 Å². The summed E-state index contributed by atoms with van der Waals surface area (Å²) in [7, 11) is 1.62. The van der Waals surface area contributed by atoms with Gasteiger partial charge in [-0.15, -0.1) is 0 Å². The normalized spacial score (nSPS) is 20.4. The summed E-state index contributed by atoms with van der Waals surface area (Å²) in [6.45, 7) is 0. The zero-order chi connectivity index (χ0) is 13.5. The Morgan fingerprint density at radius 3 is 2.74 bits per heavy atom. The van der Waals surface area contributed by atoms with E-state index in [1.165, 1.54) is 6.42 Å². The Morgan fingerprint density at radius 1 is 1.32 bits per heavy atom. The van der Waals surface area contributed by atoms with Crippen LogP contribution in [0.2, 0.25) is 5.02 Å². The van der Waals surface area contributed by atoms with Crippen molar-refractivity contribution in [3.05, 3.63) is 22.7 Å². The quantitative estimate of drug-likeness (QED) is 0.844. The molecule has 1 aliphatic carbocycles. The number of halogens is 1. The van der Waals surface area contributed by atoms with Gasteiger partial charge in [-0.3, -0.25) is 5.32 Å². The van der Waals surface area contributed by atoms with Crippen LogP contribution in [0.5, 0.6) is 5.75 Å². The maximum absolute atomic E-state index is 11.8. The van der Waals surface area contributed by atoms with Gasteiger partial charge in [0.05, 0.1) is 23.4 Å². The van der Waals surface area contributed by atoms with Gasteiger partial charge in [0.2, 0.25) is 0 Å². The third-order valence-electron chi connectivity index (χ3n) is 3.97. The summed E-state index contributed by atoms with van der Waals surface area (Å²) in [6, 6.07) is 3.57. The molecule has 1 saturated carbocycles. The van der Waals surface area contributed by atoms with Crippen LogP contribution < -0.4 is 10.1 Å². The van der Waals surface area contributed by atoms with Crippen LogP contribution in [0.15, 0.2) is 12.1 Å². The fourth-order valence-electron chi connectivity index (χ4n) is 3.13. The highest BCUT2D eigenvalue weighted by Gasteiger charge is 2.45. The van der Waals surface area contributed by atoms with Crippen LogP contribution in [0.3, 0.4) is 0 Å². The number of carbonyl (C=O) groups excluding carboxylic acids is 1. The average Bonchev–Trinajstić information content (AvgIpc) is 2.41. The molecular weight excluding hydrogens is 266 g/mol. The smallest absolute Gasteiger partial charge is 0.412 e. The molecule has 1 N–H and O–H groups in total. The minimum Gasteiger partial charge on any atom is -0.496 e. The minimum absolute atomic E-state index is 0.426. The second-order valence-electron chi connectivity index (χ2n) is 5.07. The number of amides is 1. The molecule has 0 aromatic heterocycles. The van der Waals surface area contributed by atoms with Crippen molar-refractivity contribution in [2.45, 2.75) is 37.7 Å². The van der Waals surface area contributed by atoms with E-state index < -0.39 is 11.7 Å². The van der Waals surface area contributed by atoms with Crippen molar-refractivity contribution in [2.75, 3.05) is 12.4 Å². The van der Waals surface area contributed by atoms with Crippen LogP contribution in [0.25, 0.3) is 0 Å². The van der Waals surface area contributed by atoms with Gasteiger partial charge in [-0.2, -0.15) is 0 Å². The summed E-state index contributed by atoms with van der Waals surface area (Å²) in [5.74, 6) is 0.723. The molecule has 0 radical (unpaired) electrons. The average molecular weight is 282 g/mol. The van der Waals surface area contributed by atoms with Crippen LogP contribution >= 0.6 is 11.6 Å². The molecule has 0 bridgehead atoms. The Kier molecular flexibility index (Phi) is 3.05. The van der Waals surface area contributed by atoms with Gasteiger partial charge in [0, 0.05) is 0 Å². The lowest BCUT2D eigenvalue weighted by molar-refractivity contribution is -0.0195. The van der Waals surface area contributed by atoms with Crippen molar-refractivity contribution in [1.82, 2.24) is 0 Å². The molecule has 3 rings (SSSR count). The monoisotopic (exact) mass is 281 g/mol. The van der Waals surface area contributed by atoms with Gasteiger partial charge in [0.15, 0.2) is 0 Å². The van der Waals surface area contributed by atoms with E-state index >= 15 is 0 Å². The summed E-state index contributed by atoms with van der Waals surface area (Å²) in [4.78, 5) is 11.8. The van der Waals surface area contributed by atoms with Crippen LogP contribution in [0.1, 0.15) is 37.7 Å². The van der Waals surface area contributed by atoms with Crippen LogP contribution in [-0.4, -0.2) is 13.2 Å². The summed E-state index contributed by atoms with van der Waals surface area (Å²) in [5, 5.41) is 3.23. The van der Waals surface area contributed by atoms with Crippen molar-refractivity contribution in [1.29, 1.82) is 0 Å². The number of benzene rings is 1. The van der Waals surface area contributed by atoms with E-state index in [9.17, 15) is 4.79 Å². The first-order chi connectivity index (χ1) is 9.16. The molecule has 2 aliphatic rings. The summed E-state index contributed by atoms with van der Waals surface area (Å²) in [6.07, 6.45) is 4.48. The molecule has 4 nitrogen and oxygen atoms in total. The van der Waals surface area contributed by atoms with E-state index in [1.807, 2.05) is 6.07 Å². The maximum atomic E-state index is 11.8. The molecule has 1 spiro atoms. The zero-order valence-corrected chi connectivity index (χ0v) is 11.5. The number of nitrogens with one attached hydrogen (secondary N) is 1. The van der Waals surface area contributed by atoms with E-state index in [0.29, 0.717) is 10.7 Å². The minimum atomic E-state index is -0.577. The van der Waals surface area contributed by atoms with Gasteiger partial charge in [-0.25, -0.2) is 4.79 Å². The predicted molar refractivity (Wildman–Crippen MR) is 72.9 cm³/mol. The number of ether oxygens (including phenoxy) is 2. The first kappa shape index (κ1) is 12.6. The van der Waals surface area contributed by atoms with Crippen molar-refractivity contribution < 1.29 is 14.3 Å². The lowest BCUT2D eigenvalue weighted by Crippen LogP contribution is -2.41. The molecule has 1 aliphatic heterocycles.